The van der Waals surface area contributed by atoms with Crippen LogP contribution >= 0.6 is 58.3 Å². The third kappa shape index (κ3) is 8.68. The van der Waals surface area contributed by atoms with Crippen molar-refractivity contribution in [3.63, 3.8) is 0 Å². The van der Waals surface area contributed by atoms with E-state index in [1.807, 2.05) is 6.26 Å². The van der Waals surface area contributed by atoms with Gasteiger partial charge in [0.05, 0.1) is 18.6 Å². The number of thioether (sulfide) groups is 1. The molecule has 1 fully saturated rings. The van der Waals surface area contributed by atoms with Gasteiger partial charge in [0.1, 0.15) is 22.2 Å². The first-order valence-electron chi connectivity index (χ1n) is 12.9. The lowest BCUT2D eigenvalue weighted by atomic mass is 9.85. The Morgan fingerprint density at radius 2 is 1.87 bits per heavy atom. The second-order valence-electron chi connectivity index (χ2n) is 9.33. The van der Waals surface area contributed by atoms with Crippen LogP contribution in [0.1, 0.15) is 27.0 Å². The van der Waals surface area contributed by atoms with E-state index in [2.05, 4.69) is 15.0 Å². The van der Waals surface area contributed by atoms with Crippen LogP contribution in [0.5, 0.6) is 11.5 Å². The molecule has 2 unspecified atom stereocenters. The summed E-state index contributed by atoms with van der Waals surface area (Å²) in [6.45, 7) is -0.418. The van der Waals surface area contributed by atoms with Gasteiger partial charge in [-0.3, -0.25) is 15.3 Å². The highest BCUT2D eigenvalue weighted by Gasteiger charge is 2.54. The van der Waals surface area contributed by atoms with Crippen molar-refractivity contribution in [2.45, 2.75) is 24.5 Å². The first-order valence-corrected chi connectivity index (χ1v) is 16.8. The summed E-state index contributed by atoms with van der Waals surface area (Å²) in [5.41, 5.74) is 5.27. The molecule has 2 atom stereocenters. The van der Waals surface area contributed by atoms with Crippen LogP contribution in [0.15, 0.2) is 47.8 Å². The van der Waals surface area contributed by atoms with Gasteiger partial charge < -0.3 is 23.9 Å². The second-order valence-corrected chi connectivity index (χ2v) is 12.8. The van der Waals surface area contributed by atoms with Gasteiger partial charge in [0.25, 0.3) is 11.8 Å². The summed E-state index contributed by atoms with van der Waals surface area (Å²) in [7, 11) is 0. The summed E-state index contributed by atoms with van der Waals surface area (Å²) in [4.78, 5) is 45.2. The molecule has 1 saturated heterocycles. The number of nitrogens with two attached hydrogens (primary N) is 1. The Hall–Kier alpha value is -2.89. The first-order chi connectivity index (χ1) is 21.3. The standard InChI is InChI=1S/C27H25Cl2F3N4O6S3/c1-43-13-17(23-18(28)3-2-4-19(23)29)26(33)25(39)42-45-10-9-36(26)24(38)20-14-44-22(35-20)11-34-21(37)12-40-15-5-7-16(8-6-15)41-27(30,31)32/h2-8,14,17H,9-13,33H2,1H3,(H,34,37). The zero-order valence-corrected chi connectivity index (χ0v) is 27.2. The molecule has 3 aromatic rings. The number of carbonyl (C=O) groups excluding carboxylic acids is 3. The van der Waals surface area contributed by atoms with Crippen LogP contribution in [-0.4, -0.2) is 70.6 Å². The number of hydrogen-bond donors (Lipinski definition) is 2. The fourth-order valence-electron chi connectivity index (χ4n) is 4.37. The Kier molecular flexibility index (Phi) is 11.8. The highest BCUT2D eigenvalue weighted by molar-refractivity contribution is 7.98. The van der Waals surface area contributed by atoms with Gasteiger partial charge in [0, 0.05) is 39.4 Å². The van der Waals surface area contributed by atoms with Crippen LogP contribution in [0.3, 0.4) is 0 Å². The fourth-order valence-corrected chi connectivity index (χ4v) is 7.07. The number of amides is 2. The van der Waals surface area contributed by atoms with Crippen LogP contribution < -0.4 is 20.5 Å². The maximum atomic E-state index is 13.9. The molecule has 10 nitrogen and oxygen atoms in total. The number of rotatable bonds is 11. The molecule has 1 aromatic heterocycles. The maximum Gasteiger partial charge on any atom is 0.573 e. The largest absolute Gasteiger partial charge is 0.573 e. The molecule has 242 valence electrons. The number of alkyl halides is 3. The van der Waals surface area contributed by atoms with Crippen LogP contribution in [0.2, 0.25) is 10.0 Å². The van der Waals surface area contributed by atoms with Crippen molar-refractivity contribution in [2.75, 3.05) is 30.9 Å². The van der Waals surface area contributed by atoms with Crippen molar-refractivity contribution in [3.8, 4) is 11.5 Å². The van der Waals surface area contributed by atoms with E-state index in [9.17, 15) is 27.6 Å². The van der Waals surface area contributed by atoms with E-state index in [1.165, 1.54) is 34.2 Å². The van der Waals surface area contributed by atoms with Gasteiger partial charge in [-0.1, -0.05) is 29.3 Å². The normalized spacial score (nSPS) is 17.7. The van der Waals surface area contributed by atoms with Crippen molar-refractivity contribution in [1.29, 1.82) is 0 Å². The minimum Gasteiger partial charge on any atom is -0.484 e. The first kappa shape index (κ1) is 35.0. The SMILES string of the molecule is CSCC(c1c(Cl)cccc1Cl)C1(N)C(=O)OSCCN1C(=O)c1csc(CNC(=O)COc2ccc(OC(F)(F)F)cc2)n1. The Morgan fingerprint density at radius 1 is 1.20 bits per heavy atom. The van der Waals surface area contributed by atoms with Crippen molar-refractivity contribution in [1.82, 2.24) is 15.2 Å². The molecule has 2 aromatic carbocycles. The summed E-state index contributed by atoms with van der Waals surface area (Å²) in [6, 6.07) is 9.47. The molecule has 45 heavy (non-hydrogen) atoms. The molecule has 0 radical (unpaired) electrons. The van der Waals surface area contributed by atoms with Crippen LogP contribution in [0.25, 0.3) is 0 Å². The number of benzene rings is 2. The Morgan fingerprint density at radius 3 is 2.51 bits per heavy atom. The summed E-state index contributed by atoms with van der Waals surface area (Å²) in [6.07, 6.45) is -3.01. The minimum absolute atomic E-state index is 0.00402. The molecule has 4 rings (SSSR count). The summed E-state index contributed by atoms with van der Waals surface area (Å²) >= 11 is 16.4. The lowest BCUT2D eigenvalue weighted by Gasteiger charge is -2.42. The average molecular weight is 726 g/mol. The molecule has 1 aliphatic heterocycles. The molecule has 0 saturated carbocycles. The number of ether oxygens (including phenoxy) is 2. The molecule has 2 amide bonds. The van der Waals surface area contributed by atoms with Gasteiger partial charge >= 0.3 is 12.3 Å². The number of nitrogens with one attached hydrogen (secondary N) is 1. The Balaban J connectivity index is 1.44. The van der Waals surface area contributed by atoms with Crippen LogP contribution in [0.4, 0.5) is 13.2 Å². The molecule has 3 N–H and O–H groups in total. The Labute approximate surface area is 278 Å². The molecule has 18 heteroatoms. The van der Waals surface area contributed by atoms with Gasteiger partial charge in [-0.2, -0.15) is 11.8 Å². The van der Waals surface area contributed by atoms with Crippen molar-refractivity contribution in [3.05, 3.63) is 74.2 Å². The third-order valence-electron chi connectivity index (χ3n) is 6.40. The lowest BCUT2D eigenvalue weighted by molar-refractivity contribution is -0.274. The molecule has 0 aliphatic carbocycles. The lowest BCUT2D eigenvalue weighted by Crippen LogP contribution is -2.67. The van der Waals surface area contributed by atoms with Crippen molar-refractivity contribution >= 4 is 76.1 Å². The van der Waals surface area contributed by atoms with E-state index >= 15 is 0 Å². The van der Waals surface area contributed by atoms with Gasteiger partial charge in [-0.25, -0.2) is 9.78 Å². The fraction of sp³-hybridized carbons (Fsp3) is 0.333. The number of aromatic nitrogens is 1. The zero-order chi connectivity index (χ0) is 32.8. The van der Waals surface area contributed by atoms with Crippen LogP contribution in [-0.2, 0) is 20.3 Å². The van der Waals surface area contributed by atoms with E-state index in [4.69, 9.17) is 37.9 Å². The number of halogens is 5. The third-order valence-corrected chi connectivity index (χ3v) is 9.19. The number of thiazole rings is 1. The van der Waals surface area contributed by atoms with E-state index in [-0.39, 0.29) is 46.1 Å². The van der Waals surface area contributed by atoms with Gasteiger partial charge in [0.15, 0.2) is 12.3 Å². The van der Waals surface area contributed by atoms with E-state index in [1.54, 1.807) is 18.2 Å². The topological polar surface area (TPSA) is 133 Å². The monoisotopic (exact) mass is 724 g/mol. The van der Waals surface area contributed by atoms with Gasteiger partial charge in [0.2, 0.25) is 0 Å². The molecular weight excluding hydrogens is 700 g/mol. The second kappa shape index (κ2) is 15.1. The molecule has 0 spiro atoms. The van der Waals surface area contributed by atoms with E-state index < -0.39 is 48.1 Å². The summed E-state index contributed by atoms with van der Waals surface area (Å²) < 4.78 is 51.4. The summed E-state index contributed by atoms with van der Waals surface area (Å²) in [5.74, 6) is -2.58. The predicted molar refractivity (Wildman–Crippen MR) is 167 cm³/mol. The highest BCUT2D eigenvalue weighted by atomic mass is 35.5. The van der Waals surface area contributed by atoms with Crippen molar-refractivity contribution in [2.24, 2.45) is 5.73 Å². The van der Waals surface area contributed by atoms with E-state index in [0.717, 1.165) is 35.5 Å². The molecule has 2 heterocycles. The van der Waals surface area contributed by atoms with Gasteiger partial charge in [-0.05, 0) is 48.2 Å². The van der Waals surface area contributed by atoms with Crippen LogP contribution in [0, 0.1) is 0 Å². The molecule has 1 aliphatic rings. The highest BCUT2D eigenvalue weighted by Crippen LogP contribution is 2.42. The molecular formula is C27H25Cl2F3N4O6S3. The average Bonchev–Trinajstić information content (AvgIpc) is 3.41. The predicted octanol–water partition coefficient (Wildman–Crippen LogP) is 5.49. The Bertz CT molecular complexity index is 1510. The number of hydrogen-bond acceptors (Lipinski definition) is 11. The number of nitrogens with zero attached hydrogens (tertiary/aromatic N) is 2. The minimum atomic E-state index is -4.82. The molecule has 0 bridgehead atoms. The zero-order valence-electron chi connectivity index (χ0n) is 23.3. The van der Waals surface area contributed by atoms with E-state index in [0.29, 0.717) is 10.6 Å². The smallest absolute Gasteiger partial charge is 0.484 e. The maximum absolute atomic E-state index is 13.9. The van der Waals surface area contributed by atoms with Gasteiger partial charge in [-0.15, -0.1) is 24.5 Å². The summed E-state index contributed by atoms with van der Waals surface area (Å²) in [5, 5.41) is 5.03. The number of carbonyl (C=O) groups is 3. The quantitative estimate of drug-likeness (QED) is 0.245. The van der Waals surface area contributed by atoms with Crippen molar-refractivity contribution < 1.29 is 41.2 Å².